The molecule has 0 aliphatic carbocycles. The van der Waals surface area contributed by atoms with E-state index in [0.29, 0.717) is 5.69 Å². The highest BCUT2D eigenvalue weighted by Crippen LogP contribution is 2.30. The summed E-state index contributed by atoms with van der Waals surface area (Å²) < 4.78 is 14.1. The van der Waals surface area contributed by atoms with Gasteiger partial charge in [0.1, 0.15) is 17.9 Å². The maximum absolute atomic E-state index is 14.1. The number of hydrogen-bond acceptors (Lipinski definition) is 3. The van der Waals surface area contributed by atoms with Gasteiger partial charge in [0.15, 0.2) is 0 Å². The topological polar surface area (TPSA) is 78.5 Å². The third-order valence-corrected chi connectivity index (χ3v) is 4.61. The molecule has 0 bridgehead atoms. The van der Waals surface area contributed by atoms with Gasteiger partial charge in [0.25, 0.3) is 5.91 Å². The Bertz CT molecular complexity index is 915. The molecule has 7 heteroatoms. The van der Waals surface area contributed by atoms with Crippen LogP contribution in [0.4, 0.5) is 14.9 Å². The second kappa shape index (κ2) is 7.19. The zero-order valence-electron chi connectivity index (χ0n) is 15.1. The minimum absolute atomic E-state index is 0.0573. The molecule has 1 heterocycles. The summed E-state index contributed by atoms with van der Waals surface area (Å²) in [7, 11) is 0. The van der Waals surface area contributed by atoms with Crippen molar-refractivity contribution in [3.8, 4) is 0 Å². The van der Waals surface area contributed by atoms with E-state index in [1.54, 1.807) is 12.1 Å². The van der Waals surface area contributed by atoms with Gasteiger partial charge in [0.05, 0.1) is 0 Å². The lowest BCUT2D eigenvalue weighted by Crippen LogP contribution is -2.42. The molecule has 0 aromatic heterocycles. The van der Waals surface area contributed by atoms with Crippen molar-refractivity contribution in [1.82, 2.24) is 10.2 Å². The average molecular weight is 369 g/mol. The molecule has 1 atom stereocenters. The number of nitrogens with one attached hydrogen (secondary N) is 2. The number of rotatable bonds is 5. The second-order valence-corrected chi connectivity index (χ2v) is 6.53. The summed E-state index contributed by atoms with van der Waals surface area (Å²) in [6, 6.07) is 12.3. The minimum atomic E-state index is -1.55. The fourth-order valence-electron chi connectivity index (χ4n) is 3.10. The first-order valence-electron chi connectivity index (χ1n) is 8.63. The van der Waals surface area contributed by atoms with E-state index >= 15 is 0 Å². The quantitative estimate of drug-likeness (QED) is 0.796. The van der Waals surface area contributed by atoms with E-state index in [-0.39, 0.29) is 5.56 Å². The summed E-state index contributed by atoms with van der Waals surface area (Å²) in [5, 5.41) is 5.17. The van der Waals surface area contributed by atoms with Gasteiger partial charge in [-0.15, -0.1) is 0 Å². The molecule has 1 aliphatic heterocycles. The number of aryl methyl sites for hydroxylation is 1. The molecule has 1 fully saturated rings. The van der Waals surface area contributed by atoms with E-state index in [0.717, 1.165) is 16.9 Å². The molecule has 27 heavy (non-hydrogen) atoms. The summed E-state index contributed by atoms with van der Waals surface area (Å²) in [5.74, 6) is -1.78. The van der Waals surface area contributed by atoms with E-state index in [4.69, 9.17) is 0 Å². The lowest BCUT2D eigenvalue weighted by Gasteiger charge is -2.22. The first-order chi connectivity index (χ1) is 12.8. The first kappa shape index (κ1) is 18.6. The van der Waals surface area contributed by atoms with Crippen LogP contribution < -0.4 is 10.6 Å². The van der Waals surface area contributed by atoms with Crippen LogP contribution in [-0.2, 0) is 21.5 Å². The largest absolute Gasteiger partial charge is 0.325 e. The third-order valence-electron chi connectivity index (χ3n) is 4.61. The molecule has 1 unspecified atom stereocenters. The summed E-state index contributed by atoms with van der Waals surface area (Å²) in [6.45, 7) is 2.97. The average Bonchev–Trinajstić information content (AvgIpc) is 2.86. The van der Waals surface area contributed by atoms with Crippen LogP contribution in [-0.4, -0.2) is 29.3 Å². The lowest BCUT2D eigenvalue weighted by molar-refractivity contribution is -0.133. The van der Waals surface area contributed by atoms with Crippen molar-refractivity contribution in [1.29, 1.82) is 0 Å². The Kier molecular flexibility index (Phi) is 4.94. The van der Waals surface area contributed by atoms with Crippen molar-refractivity contribution in [3.63, 3.8) is 0 Å². The predicted molar refractivity (Wildman–Crippen MR) is 98.4 cm³/mol. The van der Waals surface area contributed by atoms with Crippen LogP contribution in [0.5, 0.6) is 0 Å². The Balaban J connectivity index is 1.75. The Morgan fingerprint density at radius 2 is 1.93 bits per heavy atom. The number of carbonyl (C=O) groups is 3. The molecular weight excluding hydrogens is 349 g/mol. The molecule has 1 aliphatic rings. The fourth-order valence-corrected chi connectivity index (χ4v) is 3.10. The van der Waals surface area contributed by atoms with E-state index in [1.165, 1.54) is 25.1 Å². The standard InChI is InChI=1S/C20H20FN3O3/c1-3-13-7-6-8-14(11-13)22-17(25)12-24-18(26)20(2,23-19(24)27)15-9-4-5-10-16(15)21/h4-11H,3,12H2,1-2H3,(H,22,25)(H,23,27). The third kappa shape index (κ3) is 3.53. The van der Waals surface area contributed by atoms with Gasteiger partial charge in [-0.2, -0.15) is 0 Å². The Morgan fingerprint density at radius 1 is 1.19 bits per heavy atom. The molecule has 0 saturated carbocycles. The number of amides is 4. The number of hydrogen-bond donors (Lipinski definition) is 2. The SMILES string of the molecule is CCc1cccc(NC(=O)CN2C(=O)NC(C)(c3ccccc3F)C2=O)c1. The van der Waals surface area contributed by atoms with Crippen molar-refractivity contribution in [2.75, 3.05) is 11.9 Å². The van der Waals surface area contributed by atoms with Gasteiger partial charge in [-0.25, -0.2) is 9.18 Å². The smallest absolute Gasteiger partial charge is 0.325 e. The van der Waals surface area contributed by atoms with Gasteiger partial charge in [0, 0.05) is 11.3 Å². The lowest BCUT2D eigenvalue weighted by atomic mass is 9.91. The van der Waals surface area contributed by atoms with Gasteiger partial charge in [-0.05, 0) is 37.1 Å². The number of anilines is 1. The molecule has 0 radical (unpaired) electrons. The number of urea groups is 1. The van der Waals surface area contributed by atoms with Crippen molar-refractivity contribution in [2.45, 2.75) is 25.8 Å². The van der Waals surface area contributed by atoms with Crippen LogP contribution in [0.2, 0.25) is 0 Å². The number of carbonyl (C=O) groups excluding carboxylic acids is 3. The zero-order valence-corrected chi connectivity index (χ0v) is 15.1. The van der Waals surface area contributed by atoms with Crippen LogP contribution in [0.25, 0.3) is 0 Å². The minimum Gasteiger partial charge on any atom is -0.325 e. The van der Waals surface area contributed by atoms with Crippen LogP contribution in [0.3, 0.4) is 0 Å². The molecule has 2 aromatic rings. The Hall–Kier alpha value is -3.22. The van der Waals surface area contributed by atoms with E-state index < -0.39 is 35.7 Å². The van der Waals surface area contributed by atoms with Gasteiger partial charge < -0.3 is 10.6 Å². The molecule has 1 saturated heterocycles. The van der Waals surface area contributed by atoms with Crippen molar-refractivity contribution in [2.24, 2.45) is 0 Å². The number of nitrogens with zero attached hydrogens (tertiary/aromatic N) is 1. The van der Waals surface area contributed by atoms with Crippen molar-refractivity contribution >= 4 is 23.5 Å². The van der Waals surface area contributed by atoms with Gasteiger partial charge >= 0.3 is 6.03 Å². The highest BCUT2D eigenvalue weighted by Gasteiger charge is 2.50. The van der Waals surface area contributed by atoms with Crippen LogP contribution >= 0.6 is 0 Å². The summed E-state index contributed by atoms with van der Waals surface area (Å²) in [6.07, 6.45) is 0.817. The number of imide groups is 1. The first-order valence-corrected chi connectivity index (χ1v) is 8.63. The molecule has 6 nitrogen and oxygen atoms in total. The van der Waals surface area contributed by atoms with Crippen LogP contribution in [0.1, 0.15) is 25.0 Å². The maximum Gasteiger partial charge on any atom is 0.325 e. The number of benzene rings is 2. The van der Waals surface area contributed by atoms with E-state index in [1.807, 2.05) is 25.1 Å². The van der Waals surface area contributed by atoms with Crippen LogP contribution in [0.15, 0.2) is 48.5 Å². The maximum atomic E-state index is 14.1. The Labute approximate surface area is 156 Å². The normalized spacial score (nSPS) is 19.1. The predicted octanol–water partition coefficient (Wildman–Crippen LogP) is 2.79. The van der Waals surface area contributed by atoms with Crippen molar-refractivity contribution in [3.05, 3.63) is 65.5 Å². The second-order valence-electron chi connectivity index (χ2n) is 6.53. The van der Waals surface area contributed by atoms with Gasteiger partial charge in [-0.1, -0.05) is 37.3 Å². The zero-order chi connectivity index (χ0) is 19.6. The van der Waals surface area contributed by atoms with Crippen molar-refractivity contribution < 1.29 is 18.8 Å². The van der Waals surface area contributed by atoms with Gasteiger partial charge in [-0.3, -0.25) is 14.5 Å². The Morgan fingerprint density at radius 3 is 2.63 bits per heavy atom. The fraction of sp³-hybridized carbons (Fsp3) is 0.250. The van der Waals surface area contributed by atoms with E-state index in [2.05, 4.69) is 10.6 Å². The summed E-state index contributed by atoms with van der Waals surface area (Å²) in [5.41, 5.74) is 0.144. The highest BCUT2D eigenvalue weighted by atomic mass is 19.1. The summed E-state index contributed by atoms with van der Waals surface area (Å²) >= 11 is 0. The number of halogens is 1. The monoisotopic (exact) mass is 369 g/mol. The molecular formula is C20H20FN3O3. The molecule has 4 amide bonds. The highest BCUT2D eigenvalue weighted by molar-refractivity contribution is 6.10. The van der Waals surface area contributed by atoms with Gasteiger partial charge in [0.2, 0.25) is 5.91 Å². The summed E-state index contributed by atoms with van der Waals surface area (Å²) in [4.78, 5) is 38.2. The molecule has 140 valence electrons. The van der Waals surface area contributed by atoms with Crippen LogP contribution in [0, 0.1) is 5.82 Å². The molecule has 3 rings (SSSR count). The molecule has 2 N–H and O–H groups in total. The van der Waals surface area contributed by atoms with E-state index in [9.17, 15) is 18.8 Å². The molecule has 2 aromatic carbocycles. The molecule has 0 spiro atoms.